The molecule has 1 aromatic carbocycles. The second kappa shape index (κ2) is 5.06. The van der Waals surface area contributed by atoms with Crippen molar-refractivity contribution in [2.75, 3.05) is 25.1 Å². The Labute approximate surface area is 99.5 Å². The largest absolute Gasteiger partial charge is 0.383 e. The number of anilines is 1. The normalized spacial score (nSPS) is 20.5. The van der Waals surface area contributed by atoms with E-state index < -0.39 is 0 Å². The predicted molar refractivity (Wildman–Crippen MR) is 63.9 cm³/mol. The van der Waals surface area contributed by atoms with Crippen LogP contribution in [0.25, 0.3) is 0 Å². The minimum atomic E-state index is 0.583. The minimum absolute atomic E-state index is 0.583. The molecular formula is C11H13Cl2NO. The van der Waals surface area contributed by atoms with Gasteiger partial charge in [0.25, 0.3) is 0 Å². The van der Waals surface area contributed by atoms with Gasteiger partial charge in [-0.2, -0.15) is 0 Å². The first-order valence-electron chi connectivity index (χ1n) is 5.02. The maximum Gasteiger partial charge on any atom is 0.0638 e. The number of nitrogens with one attached hydrogen (secondary N) is 1. The van der Waals surface area contributed by atoms with Gasteiger partial charge in [0.2, 0.25) is 0 Å². The number of hydrogen-bond donors (Lipinski definition) is 1. The lowest BCUT2D eigenvalue weighted by molar-refractivity contribution is 0.187. The number of benzene rings is 1. The zero-order chi connectivity index (χ0) is 10.7. The molecule has 0 aliphatic carbocycles. The fourth-order valence-corrected chi connectivity index (χ4v) is 1.99. The summed E-state index contributed by atoms with van der Waals surface area (Å²) in [5, 5.41) is 4.70. The van der Waals surface area contributed by atoms with Gasteiger partial charge in [-0.15, -0.1) is 0 Å². The van der Waals surface area contributed by atoms with Crippen molar-refractivity contribution in [2.45, 2.75) is 6.42 Å². The molecule has 0 amide bonds. The van der Waals surface area contributed by atoms with Gasteiger partial charge in [-0.25, -0.2) is 0 Å². The molecular weight excluding hydrogens is 233 g/mol. The van der Waals surface area contributed by atoms with E-state index in [0.29, 0.717) is 16.0 Å². The molecule has 1 aliphatic heterocycles. The lowest BCUT2D eigenvalue weighted by Crippen LogP contribution is -2.14. The van der Waals surface area contributed by atoms with Crippen molar-refractivity contribution < 1.29 is 4.74 Å². The molecule has 1 aromatic rings. The maximum atomic E-state index is 6.03. The Bertz CT molecular complexity index is 337. The highest BCUT2D eigenvalue weighted by molar-refractivity contribution is 6.35. The fraction of sp³-hybridized carbons (Fsp3) is 0.455. The van der Waals surface area contributed by atoms with Crippen molar-refractivity contribution >= 4 is 28.9 Å². The van der Waals surface area contributed by atoms with Crippen LogP contribution in [0.4, 0.5) is 5.69 Å². The molecule has 1 aliphatic rings. The lowest BCUT2D eigenvalue weighted by Gasteiger charge is -2.12. The van der Waals surface area contributed by atoms with Gasteiger partial charge < -0.3 is 10.1 Å². The van der Waals surface area contributed by atoms with E-state index in [-0.39, 0.29) is 0 Å². The Kier molecular flexibility index (Phi) is 3.73. The van der Waals surface area contributed by atoms with E-state index in [1.54, 1.807) is 12.1 Å². The smallest absolute Gasteiger partial charge is 0.0638 e. The van der Waals surface area contributed by atoms with E-state index >= 15 is 0 Å². The zero-order valence-corrected chi connectivity index (χ0v) is 9.81. The van der Waals surface area contributed by atoms with E-state index in [0.717, 1.165) is 31.9 Å². The molecule has 1 saturated heterocycles. The molecule has 1 atom stereocenters. The minimum Gasteiger partial charge on any atom is -0.383 e. The number of hydrogen-bond acceptors (Lipinski definition) is 2. The van der Waals surface area contributed by atoms with Crippen LogP contribution in [0, 0.1) is 5.92 Å². The van der Waals surface area contributed by atoms with E-state index in [1.165, 1.54) is 0 Å². The Morgan fingerprint density at radius 3 is 3.00 bits per heavy atom. The van der Waals surface area contributed by atoms with Crippen LogP contribution in [0.15, 0.2) is 18.2 Å². The summed E-state index contributed by atoms with van der Waals surface area (Å²) in [4.78, 5) is 0. The van der Waals surface area contributed by atoms with Gasteiger partial charge in [-0.05, 0) is 24.6 Å². The third-order valence-electron chi connectivity index (χ3n) is 2.53. The van der Waals surface area contributed by atoms with Gasteiger partial charge in [-0.1, -0.05) is 23.2 Å². The van der Waals surface area contributed by atoms with Crippen LogP contribution >= 0.6 is 23.2 Å². The summed E-state index contributed by atoms with van der Waals surface area (Å²) in [6.07, 6.45) is 1.12. The number of ether oxygens (including phenoxy) is 1. The summed E-state index contributed by atoms with van der Waals surface area (Å²) in [6.45, 7) is 2.60. The van der Waals surface area contributed by atoms with Crippen LogP contribution in [0.2, 0.25) is 10.0 Å². The number of rotatable bonds is 3. The summed E-state index contributed by atoms with van der Waals surface area (Å²) in [5.41, 5.74) is 0.899. The van der Waals surface area contributed by atoms with Gasteiger partial charge in [0.05, 0.1) is 17.3 Å². The van der Waals surface area contributed by atoms with Crippen LogP contribution in [0.3, 0.4) is 0 Å². The van der Waals surface area contributed by atoms with E-state index in [9.17, 15) is 0 Å². The predicted octanol–water partition coefficient (Wildman–Crippen LogP) is 3.44. The molecule has 2 rings (SSSR count). The Balaban J connectivity index is 1.94. The molecule has 2 nitrogen and oxygen atoms in total. The molecule has 0 aromatic heterocycles. The third kappa shape index (κ3) is 3.00. The average molecular weight is 246 g/mol. The van der Waals surface area contributed by atoms with Crippen LogP contribution < -0.4 is 5.32 Å². The molecule has 1 N–H and O–H groups in total. The molecule has 0 saturated carbocycles. The highest BCUT2D eigenvalue weighted by Gasteiger charge is 2.15. The van der Waals surface area contributed by atoms with Crippen molar-refractivity contribution in [3.63, 3.8) is 0 Å². The number of halogens is 2. The average Bonchev–Trinajstić information content (AvgIpc) is 2.72. The van der Waals surface area contributed by atoms with E-state index in [1.807, 2.05) is 6.07 Å². The molecule has 82 valence electrons. The van der Waals surface area contributed by atoms with Gasteiger partial charge in [0.1, 0.15) is 0 Å². The standard InChI is InChI=1S/C11H13Cl2NO/c12-9-1-2-10(13)11(5-9)14-6-8-3-4-15-7-8/h1-2,5,8,14H,3-4,6-7H2. The van der Waals surface area contributed by atoms with Crippen molar-refractivity contribution in [2.24, 2.45) is 5.92 Å². The second-order valence-corrected chi connectivity index (χ2v) is 4.58. The van der Waals surface area contributed by atoms with Crippen LogP contribution in [-0.2, 0) is 4.74 Å². The Morgan fingerprint density at radius 1 is 1.40 bits per heavy atom. The van der Waals surface area contributed by atoms with Gasteiger partial charge in [-0.3, -0.25) is 0 Å². The van der Waals surface area contributed by atoms with Gasteiger partial charge in [0.15, 0.2) is 0 Å². The van der Waals surface area contributed by atoms with Crippen molar-refractivity contribution in [1.82, 2.24) is 0 Å². The summed E-state index contributed by atoms with van der Waals surface area (Å²) in [6, 6.07) is 5.44. The van der Waals surface area contributed by atoms with Crippen LogP contribution in [0.1, 0.15) is 6.42 Å². The first-order chi connectivity index (χ1) is 7.25. The fourth-order valence-electron chi connectivity index (χ4n) is 1.63. The summed E-state index contributed by atoms with van der Waals surface area (Å²) < 4.78 is 5.30. The van der Waals surface area contributed by atoms with E-state index in [2.05, 4.69) is 5.32 Å². The summed E-state index contributed by atoms with van der Waals surface area (Å²) in [7, 11) is 0. The third-order valence-corrected chi connectivity index (χ3v) is 3.10. The highest BCUT2D eigenvalue weighted by Crippen LogP contribution is 2.26. The molecule has 4 heteroatoms. The topological polar surface area (TPSA) is 21.3 Å². The van der Waals surface area contributed by atoms with Crippen LogP contribution in [0.5, 0.6) is 0 Å². The SMILES string of the molecule is Clc1ccc(Cl)c(NCC2CCOC2)c1. The zero-order valence-electron chi connectivity index (χ0n) is 8.30. The van der Waals surface area contributed by atoms with Crippen molar-refractivity contribution in [3.05, 3.63) is 28.2 Å². The molecule has 0 bridgehead atoms. The van der Waals surface area contributed by atoms with Gasteiger partial charge >= 0.3 is 0 Å². The molecule has 0 spiro atoms. The molecule has 1 fully saturated rings. The molecule has 1 heterocycles. The van der Waals surface area contributed by atoms with Crippen molar-refractivity contribution in [1.29, 1.82) is 0 Å². The first-order valence-corrected chi connectivity index (χ1v) is 5.78. The maximum absolute atomic E-state index is 6.03. The lowest BCUT2D eigenvalue weighted by atomic mass is 10.1. The van der Waals surface area contributed by atoms with Gasteiger partial charge in [0, 0.05) is 24.1 Å². The van der Waals surface area contributed by atoms with E-state index in [4.69, 9.17) is 27.9 Å². The second-order valence-electron chi connectivity index (χ2n) is 3.73. The molecule has 1 unspecified atom stereocenters. The molecule has 0 radical (unpaired) electrons. The summed E-state index contributed by atoms with van der Waals surface area (Å²) in [5.74, 6) is 0.583. The monoisotopic (exact) mass is 245 g/mol. The summed E-state index contributed by atoms with van der Waals surface area (Å²) >= 11 is 11.9. The first kappa shape index (κ1) is 11.1. The highest BCUT2D eigenvalue weighted by atomic mass is 35.5. The van der Waals surface area contributed by atoms with Crippen molar-refractivity contribution in [3.8, 4) is 0 Å². The quantitative estimate of drug-likeness (QED) is 0.881. The van der Waals surface area contributed by atoms with Crippen LogP contribution in [-0.4, -0.2) is 19.8 Å². The Morgan fingerprint density at radius 2 is 2.27 bits per heavy atom. The molecule has 15 heavy (non-hydrogen) atoms. The Hall–Kier alpha value is -0.440.